The molecule has 0 radical (unpaired) electrons. The lowest BCUT2D eigenvalue weighted by Crippen LogP contribution is -2.30. The van der Waals surface area contributed by atoms with Crippen LogP contribution in [-0.4, -0.2) is 48.5 Å². The summed E-state index contributed by atoms with van der Waals surface area (Å²) in [6.45, 7) is 5.22. The molecule has 0 aliphatic rings. The van der Waals surface area contributed by atoms with Gasteiger partial charge in [0, 0.05) is 31.4 Å². The fourth-order valence-electron chi connectivity index (χ4n) is 2.35. The Balaban J connectivity index is 0.00000114. The molecule has 0 spiro atoms. The van der Waals surface area contributed by atoms with Gasteiger partial charge in [0.2, 0.25) is 10.0 Å². The first-order valence-electron chi connectivity index (χ1n) is 8.63. The van der Waals surface area contributed by atoms with Crippen molar-refractivity contribution in [3.8, 4) is 5.75 Å². The second-order valence-corrected chi connectivity index (χ2v) is 7.89. The number of nitrogens with zero attached hydrogens (tertiary/aromatic N) is 2. The smallest absolute Gasteiger partial charge is 0.290 e. The average molecular weight is 397 g/mol. The Morgan fingerprint density at radius 2 is 1.96 bits per heavy atom. The van der Waals surface area contributed by atoms with Crippen molar-refractivity contribution in [1.29, 1.82) is 0 Å². The summed E-state index contributed by atoms with van der Waals surface area (Å²) in [5.41, 5.74) is 0. The molecule has 0 saturated carbocycles. The average Bonchev–Trinajstić information content (AvgIpc) is 3.09. The van der Waals surface area contributed by atoms with Crippen molar-refractivity contribution >= 4 is 16.5 Å². The summed E-state index contributed by atoms with van der Waals surface area (Å²) in [7, 11) is -3.32. The molecule has 1 aromatic carbocycles. The molecule has 2 aromatic rings. The zero-order valence-electron chi connectivity index (χ0n) is 15.6. The molecule has 1 aromatic heterocycles. The van der Waals surface area contributed by atoms with Crippen molar-refractivity contribution in [2.75, 3.05) is 18.9 Å². The van der Waals surface area contributed by atoms with Gasteiger partial charge < -0.3 is 14.4 Å². The van der Waals surface area contributed by atoms with Crippen molar-refractivity contribution in [1.82, 2.24) is 14.3 Å². The number of benzene rings is 1. The van der Waals surface area contributed by atoms with Crippen LogP contribution >= 0.6 is 0 Å². The molecule has 0 amide bonds. The van der Waals surface area contributed by atoms with Crippen molar-refractivity contribution in [2.45, 2.75) is 32.7 Å². The van der Waals surface area contributed by atoms with Gasteiger partial charge in [-0.2, -0.15) is 0 Å². The number of rotatable bonds is 10. The number of ether oxygens (including phenoxy) is 1. The van der Waals surface area contributed by atoms with E-state index in [4.69, 9.17) is 14.6 Å². The predicted octanol–water partition coefficient (Wildman–Crippen LogP) is 2.10. The van der Waals surface area contributed by atoms with Crippen LogP contribution in [0.15, 0.2) is 42.7 Å². The molecule has 0 bridgehead atoms. The highest BCUT2D eigenvalue weighted by molar-refractivity contribution is 7.89. The lowest BCUT2D eigenvalue weighted by atomic mass is 10.2. The van der Waals surface area contributed by atoms with Crippen LogP contribution in [0, 0.1) is 0 Å². The van der Waals surface area contributed by atoms with Crippen LogP contribution in [-0.2, 0) is 21.4 Å². The molecule has 1 heterocycles. The standard InChI is InChI=1S/C17H25N3O3S.CH2O2/c1-15(2)17-18-10-12-20(17)11-6-9-19-24(21,22)14-13-23-16-7-4-3-5-8-16;2-1-3/h3-5,7-8,10,12,15,19H,6,9,11,13-14H2,1-2H3;1H,(H,2,3). The third-order valence-electron chi connectivity index (χ3n) is 3.53. The summed E-state index contributed by atoms with van der Waals surface area (Å²) >= 11 is 0. The third-order valence-corrected chi connectivity index (χ3v) is 4.87. The molecule has 0 aliphatic heterocycles. The molecule has 0 fully saturated rings. The number of sulfonamides is 1. The lowest BCUT2D eigenvalue weighted by Gasteiger charge is -2.11. The molecule has 0 saturated heterocycles. The Morgan fingerprint density at radius 3 is 2.59 bits per heavy atom. The number of carboxylic acid groups (broad SMARTS) is 1. The molecule has 0 aliphatic carbocycles. The molecule has 150 valence electrons. The molecule has 0 atom stereocenters. The molecule has 2 rings (SSSR count). The van der Waals surface area contributed by atoms with E-state index in [0.29, 0.717) is 18.2 Å². The Hall–Kier alpha value is -2.39. The minimum Gasteiger partial charge on any atom is -0.492 e. The summed E-state index contributed by atoms with van der Waals surface area (Å²) in [5, 5.41) is 6.89. The van der Waals surface area contributed by atoms with Gasteiger partial charge in [0.15, 0.2) is 0 Å². The highest BCUT2D eigenvalue weighted by Gasteiger charge is 2.11. The SMILES string of the molecule is CC(C)c1nccn1CCCNS(=O)(=O)CCOc1ccccc1.O=CO. The van der Waals surface area contributed by atoms with Gasteiger partial charge in [-0.1, -0.05) is 32.0 Å². The number of carbonyl (C=O) groups is 1. The quantitative estimate of drug-likeness (QED) is 0.469. The third kappa shape index (κ3) is 9.20. The van der Waals surface area contributed by atoms with Crippen molar-refractivity contribution in [3.63, 3.8) is 0 Å². The Bertz CT molecular complexity index is 760. The van der Waals surface area contributed by atoms with E-state index in [1.807, 2.05) is 24.4 Å². The normalized spacial score (nSPS) is 10.9. The predicted molar refractivity (Wildman–Crippen MR) is 103 cm³/mol. The zero-order valence-corrected chi connectivity index (χ0v) is 16.4. The summed E-state index contributed by atoms with van der Waals surface area (Å²) < 4.78 is 34.0. The maximum absolute atomic E-state index is 11.9. The summed E-state index contributed by atoms with van der Waals surface area (Å²) in [4.78, 5) is 12.7. The fourth-order valence-corrected chi connectivity index (χ4v) is 3.25. The summed E-state index contributed by atoms with van der Waals surface area (Å²) in [6, 6.07) is 9.19. The first kappa shape index (κ1) is 22.7. The summed E-state index contributed by atoms with van der Waals surface area (Å²) in [5.74, 6) is 2.00. The number of aryl methyl sites for hydroxylation is 1. The minimum atomic E-state index is -3.32. The maximum atomic E-state index is 11.9. The zero-order chi connectivity index (χ0) is 20.1. The van der Waals surface area contributed by atoms with Gasteiger partial charge in [0.1, 0.15) is 18.2 Å². The largest absolute Gasteiger partial charge is 0.492 e. The van der Waals surface area contributed by atoms with Crippen LogP contribution in [0.4, 0.5) is 0 Å². The second-order valence-electron chi connectivity index (χ2n) is 5.97. The van der Waals surface area contributed by atoms with E-state index in [1.165, 1.54) is 0 Å². The fraction of sp³-hybridized carbons (Fsp3) is 0.444. The highest BCUT2D eigenvalue weighted by Crippen LogP contribution is 2.12. The number of hydrogen-bond donors (Lipinski definition) is 2. The Labute approximate surface area is 160 Å². The van der Waals surface area contributed by atoms with Gasteiger partial charge >= 0.3 is 0 Å². The van der Waals surface area contributed by atoms with Crippen LogP contribution in [0.3, 0.4) is 0 Å². The van der Waals surface area contributed by atoms with Gasteiger partial charge in [-0.3, -0.25) is 4.79 Å². The van der Waals surface area contributed by atoms with E-state index in [0.717, 1.165) is 18.8 Å². The number of para-hydroxylation sites is 1. The van der Waals surface area contributed by atoms with E-state index in [2.05, 4.69) is 28.1 Å². The van der Waals surface area contributed by atoms with E-state index in [9.17, 15) is 8.42 Å². The van der Waals surface area contributed by atoms with Gasteiger partial charge in [-0.25, -0.2) is 18.1 Å². The van der Waals surface area contributed by atoms with Gasteiger partial charge in [0.05, 0.1) is 5.75 Å². The van der Waals surface area contributed by atoms with Crippen molar-refractivity contribution in [2.24, 2.45) is 0 Å². The molecular formula is C18H27N3O5S. The van der Waals surface area contributed by atoms with Crippen LogP contribution < -0.4 is 9.46 Å². The lowest BCUT2D eigenvalue weighted by molar-refractivity contribution is -0.122. The molecule has 9 heteroatoms. The molecule has 27 heavy (non-hydrogen) atoms. The van der Waals surface area contributed by atoms with E-state index in [1.54, 1.807) is 18.3 Å². The van der Waals surface area contributed by atoms with E-state index in [-0.39, 0.29) is 18.8 Å². The van der Waals surface area contributed by atoms with E-state index >= 15 is 0 Å². The molecule has 0 unspecified atom stereocenters. The summed E-state index contributed by atoms with van der Waals surface area (Å²) in [6.07, 6.45) is 4.42. The molecule has 8 nitrogen and oxygen atoms in total. The van der Waals surface area contributed by atoms with Gasteiger partial charge in [-0.05, 0) is 18.6 Å². The van der Waals surface area contributed by atoms with E-state index < -0.39 is 10.0 Å². The number of aromatic nitrogens is 2. The number of hydrogen-bond acceptors (Lipinski definition) is 5. The van der Waals surface area contributed by atoms with Crippen LogP contribution in [0.25, 0.3) is 0 Å². The number of nitrogens with one attached hydrogen (secondary N) is 1. The Morgan fingerprint density at radius 1 is 1.30 bits per heavy atom. The minimum absolute atomic E-state index is 0.0514. The Kier molecular flexibility index (Phi) is 10.1. The van der Waals surface area contributed by atoms with Gasteiger partial charge in [0.25, 0.3) is 6.47 Å². The highest BCUT2D eigenvalue weighted by atomic mass is 32.2. The van der Waals surface area contributed by atoms with Crippen LogP contribution in [0.5, 0.6) is 5.75 Å². The van der Waals surface area contributed by atoms with Crippen LogP contribution in [0.1, 0.15) is 32.0 Å². The maximum Gasteiger partial charge on any atom is 0.290 e. The van der Waals surface area contributed by atoms with Crippen LogP contribution in [0.2, 0.25) is 0 Å². The molecular weight excluding hydrogens is 370 g/mol. The monoisotopic (exact) mass is 397 g/mol. The number of imidazole rings is 1. The molecule has 2 N–H and O–H groups in total. The first-order valence-corrected chi connectivity index (χ1v) is 10.3. The second kappa shape index (κ2) is 12.1. The van der Waals surface area contributed by atoms with Gasteiger partial charge in [-0.15, -0.1) is 0 Å². The first-order chi connectivity index (χ1) is 12.9. The topological polar surface area (TPSA) is 111 Å². The van der Waals surface area contributed by atoms with Crippen molar-refractivity contribution < 1.29 is 23.1 Å². The van der Waals surface area contributed by atoms with Crippen molar-refractivity contribution in [3.05, 3.63) is 48.5 Å².